The van der Waals surface area contributed by atoms with Gasteiger partial charge in [0.25, 0.3) is 11.8 Å². The first-order chi connectivity index (χ1) is 13.1. The zero-order chi connectivity index (χ0) is 19.2. The van der Waals surface area contributed by atoms with Gasteiger partial charge in [-0.2, -0.15) is 15.6 Å². The molecular weight excluding hydrogens is 344 g/mol. The molecule has 138 valence electrons. The number of carbonyl (C=O) groups excluding carboxylic acids is 2. The van der Waals surface area contributed by atoms with Crippen LogP contribution < -0.4 is 5.43 Å². The minimum absolute atomic E-state index is 0.128. The number of nitrogens with zero attached hydrogens (tertiary/aromatic N) is 5. The molecule has 3 rings (SSSR count). The van der Waals surface area contributed by atoms with E-state index in [0.29, 0.717) is 43.0 Å². The van der Waals surface area contributed by atoms with E-state index in [-0.39, 0.29) is 17.5 Å². The Morgan fingerprint density at radius 2 is 1.30 bits per heavy atom. The van der Waals surface area contributed by atoms with E-state index in [1.807, 2.05) is 0 Å². The van der Waals surface area contributed by atoms with Crippen molar-refractivity contribution in [2.45, 2.75) is 25.7 Å². The van der Waals surface area contributed by atoms with Crippen LogP contribution in [0.15, 0.2) is 23.3 Å². The zero-order valence-corrected chi connectivity index (χ0v) is 14.9. The molecule has 27 heavy (non-hydrogen) atoms. The van der Waals surface area contributed by atoms with Gasteiger partial charge in [-0.15, -0.1) is 0 Å². The summed E-state index contributed by atoms with van der Waals surface area (Å²) in [7, 11) is 0. The summed E-state index contributed by atoms with van der Waals surface area (Å²) in [6.45, 7) is 2.82. The summed E-state index contributed by atoms with van der Waals surface area (Å²) in [5, 5.41) is 21.3. The van der Waals surface area contributed by atoms with Crippen molar-refractivity contribution in [3.63, 3.8) is 0 Å². The summed E-state index contributed by atoms with van der Waals surface area (Å²) in [6.07, 6.45) is 3.89. The molecular formula is C19H20N6O2. The third-order valence-corrected chi connectivity index (χ3v) is 4.72. The van der Waals surface area contributed by atoms with Crippen LogP contribution in [0.1, 0.15) is 46.4 Å². The Labute approximate surface area is 157 Å². The average Bonchev–Trinajstić information content (AvgIpc) is 3.41. The Morgan fingerprint density at radius 1 is 0.852 bits per heavy atom. The molecule has 2 amide bonds. The number of hydrogen-bond donors (Lipinski definition) is 1. The van der Waals surface area contributed by atoms with Gasteiger partial charge >= 0.3 is 0 Å². The molecule has 1 aromatic carbocycles. The van der Waals surface area contributed by atoms with E-state index in [0.717, 1.165) is 25.7 Å². The molecule has 2 fully saturated rings. The Bertz CT molecular complexity index is 790. The van der Waals surface area contributed by atoms with Gasteiger partial charge in [0.05, 0.1) is 5.69 Å². The first-order valence-electron chi connectivity index (χ1n) is 9.00. The van der Waals surface area contributed by atoms with Gasteiger partial charge < -0.3 is 9.80 Å². The highest BCUT2D eigenvalue weighted by Crippen LogP contribution is 2.22. The molecule has 2 heterocycles. The SMILES string of the molecule is N#CC(C#N)=NNc1cc(C(=O)N2CCCC2)cc(C(=O)N2CCCC2)c1. The highest BCUT2D eigenvalue weighted by Gasteiger charge is 2.24. The Morgan fingerprint density at radius 3 is 1.70 bits per heavy atom. The number of anilines is 1. The van der Waals surface area contributed by atoms with Crippen LogP contribution in [0, 0.1) is 22.7 Å². The smallest absolute Gasteiger partial charge is 0.253 e. The maximum Gasteiger partial charge on any atom is 0.253 e. The molecule has 0 spiro atoms. The molecule has 1 aromatic rings. The highest BCUT2D eigenvalue weighted by atomic mass is 16.2. The summed E-state index contributed by atoms with van der Waals surface area (Å²) in [6, 6.07) is 8.13. The quantitative estimate of drug-likeness (QED) is 0.648. The van der Waals surface area contributed by atoms with Gasteiger partial charge in [-0.25, -0.2) is 0 Å². The maximum absolute atomic E-state index is 12.8. The van der Waals surface area contributed by atoms with Crippen molar-refractivity contribution in [3.05, 3.63) is 29.3 Å². The van der Waals surface area contributed by atoms with Crippen molar-refractivity contribution >= 4 is 23.2 Å². The number of likely N-dealkylation sites (tertiary alicyclic amines) is 2. The highest BCUT2D eigenvalue weighted by molar-refractivity contribution is 6.10. The van der Waals surface area contributed by atoms with Gasteiger partial charge in [-0.1, -0.05) is 0 Å². The van der Waals surface area contributed by atoms with Crippen molar-refractivity contribution in [3.8, 4) is 12.1 Å². The van der Waals surface area contributed by atoms with Crippen LogP contribution in [-0.2, 0) is 0 Å². The standard InChI is InChI=1S/C19H20N6O2/c20-12-17(13-21)23-22-16-10-14(18(26)24-5-1-2-6-24)9-15(11-16)19(27)25-7-3-4-8-25/h9-11,22H,1-8H2. The number of nitrogens with one attached hydrogen (secondary N) is 1. The fourth-order valence-corrected chi connectivity index (χ4v) is 3.34. The predicted molar refractivity (Wildman–Crippen MR) is 99.0 cm³/mol. The van der Waals surface area contributed by atoms with Crippen LogP contribution in [0.4, 0.5) is 5.69 Å². The van der Waals surface area contributed by atoms with Gasteiger partial charge in [0.2, 0.25) is 5.71 Å². The Hall–Kier alpha value is -3.39. The molecule has 1 N–H and O–H groups in total. The Kier molecular flexibility index (Phi) is 5.68. The number of rotatable bonds is 4. The number of carbonyl (C=O) groups is 2. The lowest BCUT2D eigenvalue weighted by Crippen LogP contribution is -2.30. The molecule has 0 saturated carbocycles. The van der Waals surface area contributed by atoms with Crippen LogP contribution >= 0.6 is 0 Å². The molecule has 2 aliphatic rings. The first-order valence-corrected chi connectivity index (χ1v) is 9.00. The lowest BCUT2D eigenvalue weighted by atomic mass is 10.1. The predicted octanol–water partition coefficient (Wildman–Crippen LogP) is 1.97. The molecule has 0 aromatic heterocycles. The summed E-state index contributed by atoms with van der Waals surface area (Å²) in [5.74, 6) is -0.257. The van der Waals surface area contributed by atoms with Crippen LogP contribution in [-0.4, -0.2) is 53.5 Å². The van der Waals surface area contributed by atoms with E-state index < -0.39 is 0 Å². The van der Waals surface area contributed by atoms with Crippen LogP contribution in [0.2, 0.25) is 0 Å². The van der Waals surface area contributed by atoms with Crippen molar-refractivity contribution in [1.29, 1.82) is 10.5 Å². The van der Waals surface area contributed by atoms with Gasteiger partial charge in [-0.05, 0) is 43.9 Å². The lowest BCUT2D eigenvalue weighted by Gasteiger charge is -2.19. The summed E-state index contributed by atoms with van der Waals surface area (Å²) < 4.78 is 0. The number of benzene rings is 1. The van der Waals surface area contributed by atoms with E-state index in [4.69, 9.17) is 10.5 Å². The van der Waals surface area contributed by atoms with E-state index >= 15 is 0 Å². The van der Waals surface area contributed by atoms with Gasteiger partial charge in [-0.3, -0.25) is 15.0 Å². The van der Waals surface area contributed by atoms with Crippen molar-refractivity contribution in [2.24, 2.45) is 5.10 Å². The van der Waals surface area contributed by atoms with E-state index in [9.17, 15) is 9.59 Å². The second kappa shape index (κ2) is 8.33. The second-order valence-corrected chi connectivity index (χ2v) is 6.59. The molecule has 0 unspecified atom stereocenters. The molecule has 8 nitrogen and oxygen atoms in total. The van der Waals surface area contributed by atoms with Gasteiger partial charge in [0.15, 0.2) is 0 Å². The zero-order valence-electron chi connectivity index (χ0n) is 14.9. The number of nitriles is 2. The first kappa shape index (κ1) is 18.4. The molecule has 0 radical (unpaired) electrons. The van der Waals surface area contributed by atoms with E-state index in [1.165, 1.54) is 0 Å². The minimum atomic E-state index is -0.335. The summed E-state index contributed by atoms with van der Waals surface area (Å²) >= 11 is 0. The van der Waals surface area contributed by atoms with Crippen molar-refractivity contribution in [1.82, 2.24) is 9.80 Å². The van der Waals surface area contributed by atoms with Crippen molar-refractivity contribution < 1.29 is 9.59 Å². The third kappa shape index (κ3) is 4.24. The van der Waals surface area contributed by atoms with Crippen molar-refractivity contribution in [2.75, 3.05) is 31.6 Å². The minimum Gasteiger partial charge on any atom is -0.339 e. The topological polar surface area (TPSA) is 113 Å². The fraction of sp³-hybridized carbons (Fsp3) is 0.421. The van der Waals surface area contributed by atoms with E-state index in [2.05, 4.69) is 10.5 Å². The van der Waals surface area contributed by atoms with Crippen LogP contribution in [0.3, 0.4) is 0 Å². The lowest BCUT2D eigenvalue weighted by molar-refractivity contribution is 0.0791. The monoisotopic (exact) mass is 364 g/mol. The molecule has 2 aliphatic heterocycles. The van der Waals surface area contributed by atoms with Gasteiger partial charge in [0, 0.05) is 37.3 Å². The number of amides is 2. The van der Waals surface area contributed by atoms with Crippen LogP contribution in [0.25, 0.3) is 0 Å². The molecule has 0 bridgehead atoms. The molecule has 2 saturated heterocycles. The largest absolute Gasteiger partial charge is 0.339 e. The fourth-order valence-electron chi connectivity index (χ4n) is 3.34. The maximum atomic E-state index is 12.8. The summed E-state index contributed by atoms with van der Waals surface area (Å²) in [4.78, 5) is 29.1. The molecule has 0 aliphatic carbocycles. The third-order valence-electron chi connectivity index (χ3n) is 4.72. The number of hydrogen-bond acceptors (Lipinski definition) is 6. The molecule has 0 atom stereocenters. The van der Waals surface area contributed by atoms with Crippen LogP contribution in [0.5, 0.6) is 0 Å². The molecule has 8 heteroatoms. The van der Waals surface area contributed by atoms with Gasteiger partial charge in [0.1, 0.15) is 12.1 Å². The average molecular weight is 364 g/mol. The normalized spacial score (nSPS) is 15.8. The number of hydrazone groups is 1. The Balaban J connectivity index is 1.93. The van der Waals surface area contributed by atoms with E-state index in [1.54, 1.807) is 40.1 Å². The second-order valence-electron chi connectivity index (χ2n) is 6.59. The summed E-state index contributed by atoms with van der Waals surface area (Å²) in [5.41, 5.74) is 3.48.